The quantitative estimate of drug-likeness (QED) is 0.948. The van der Waals surface area contributed by atoms with Gasteiger partial charge in [0.15, 0.2) is 0 Å². The maximum Gasteiger partial charge on any atom is 0.317 e. The molecule has 1 aliphatic heterocycles. The number of amides is 2. The van der Waals surface area contributed by atoms with Crippen molar-refractivity contribution in [1.29, 1.82) is 0 Å². The molecule has 112 valence electrons. The van der Waals surface area contributed by atoms with Crippen molar-refractivity contribution in [2.45, 2.75) is 26.0 Å². The van der Waals surface area contributed by atoms with Gasteiger partial charge in [-0.05, 0) is 18.6 Å². The largest absolute Gasteiger partial charge is 0.375 e. The van der Waals surface area contributed by atoms with Gasteiger partial charge in [0.2, 0.25) is 0 Å². The van der Waals surface area contributed by atoms with Gasteiger partial charge < -0.3 is 15.0 Å². The number of urea groups is 1. The summed E-state index contributed by atoms with van der Waals surface area (Å²) in [5, 5.41) is 3.89. The number of fused-ring (bicyclic) bond motifs is 1. The lowest BCUT2D eigenvalue weighted by atomic mass is 10.2. The van der Waals surface area contributed by atoms with Gasteiger partial charge in [-0.15, -0.1) is 11.3 Å². The number of para-hydroxylation sites is 1. The number of benzene rings is 1. The maximum atomic E-state index is 12.2. The molecule has 3 rings (SSSR count). The molecular weight excluding hydrogens is 286 g/mol. The first-order chi connectivity index (χ1) is 10.3. The highest BCUT2D eigenvalue weighted by Crippen LogP contribution is 2.21. The first-order valence-corrected chi connectivity index (χ1v) is 8.06. The fourth-order valence-electron chi connectivity index (χ4n) is 2.41. The second-order valence-electron chi connectivity index (χ2n) is 5.08. The zero-order valence-electron chi connectivity index (χ0n) is 12.0. The van der Waals surface area contributed by atoms with Crippen molar-refractivity contribution in [3.05, 3.63) is 29.3 Å². The fraction of sp³-hybridized carbons (Fsp3) is 0.467. The van der Waals surface area contributed by atoms with Gasteiger partial charge >= 0.3 is 6.03 Å². The highest BCUT2D eigenvalue weighted by atomic mass is 32.1. The van der Waals surface area contributed by atoms with Crippen molar-refractivity contribution < 1.29 is 9.53 Å². The van der Waals surface area contributed by atoms with Crippen LogP contribution in [0, 0.1) is 0 Å². The Morgan fingerprint density at radius 1 is 1.52 bits per heavy atom. The molecule has 0 aliphatic carbocycles. The summed E-state index contributed by atoms with van der Waals surface area (Å²) < 4.78 is 6.73. The van der Waals surface area contributed by atoms with Gasteiger partial charge in [0, 0.05) is 13.1 Å². The number of morpholine rings is 1. The molecule has 21 heavy (non-hydrogen) atoms. The van der Waals surface area contributed by atoms with Crippen molar-refractivity contribution >= 4 is 27.6 Å². The van der Waals surface area contributed by atoms with Crippen LogP contribution in [0.15, 0.2) is 24.3 Å². The molecule has 1 saturated heterocycles. The lowest BCUT2D eigenvalue weighted by Gasteiger charge is -2.32. The third-order valence-corrected chi connectivity index (χ3v) is 4.65. The summed E-state index contributed by atoms with van der Waals surface area (Å²) in [6.45, 7) is 4.50. The highest BCUT2D eigenvalue weighted by molar-refractivity contribution is 7.18. The van der Waals surface area contributed by atoms with Gasteiger partial charge in [-0.2, -0.15) is 0 Å². The Labute approximate surface area is 127 Å². The summed E-state index contributed by atoms with van der Waals surface area (Å²) in [7, 11) is 0. The topological polar surface area (TPSA) is 54.5 Å². The summed E-state index contributed by atoms with van der Waals surface area (Å²) >= 11 is 1.62. The monoisotopic (exact) mass is 305 g/mol. The predicted molar refractivity (Wildman–Crippen MR) is 83.5 cm³/mol. The van der Waals surface area contributed by atoms with E-state index in [9.17, 15) is 4.79 Å². The molecule has 0 saturated carbocycles. The predicted octanol–water partition coefficient (Wildman–Crippen LogP) is 2.62. The molecule has 2 amide bonds. The van der Waals surface area contributed by atoms with Crippen LogP contribution >= 0.6 is 11.3 Å². The normalized spacial score (nSPS) is 18.9. The molecule has 0 spiro atoms. The van der Waals surface area contributed by atoms with Gasteiger partial charge in [0.25, 0.3) is 0 Å². The number of hydrogen-bond acceptors (Lipinski definition) is 4. The molecule has 0 radical (unpaired) electrons. The minimum absolute atomic E-state index is 0.0315. The SMILES string of the molecule is CC[C@H]1CN(C(=O)NCc2nc3ccccc3s2)CCO1. The van der Waals surface area contributed by atoms with Gasteiger partial charge in [-0.25, -0.2) is 9.78 Å². The number of nitrogens with one attached hydrogen (secondary N) is 1. The number of ether oxygens (including phenoxy) is 1. The van der Waals surface area contributed by atoms with Crippen LogP contribution < -0.4 is 5.32 Å². The number of carbonyl (C=O) groups excluding carboxylic acids is 1. The van der Waals surface area contributed by atoms with Crippen molar-refractivity contribution in [1.82, 2.24) is 15.2 Å². The van der Waals surface area contributed by atoms with Crippen molar-refractivity contribution in [2.24, 2.45) is 0 Å². The number of nitrogens with zero attached hydrogens (tertiary/aromatic N) is 2. The van der Waals surface area contributed by atoms with Crippen LogP contribution in [-0.2, 0) is 11.3 Å². The Hall–Kier alpha value is -1.66. The van der Waals surface area contributed by atoms with Crippen LogP contribution in [0.25, 0.3) is 10.2 Å². The molecule has 2 heterocycles. The van der Waals surface area contributed by atoms with Crippen LogP contribution in [0.4, 0.5) is 4.79 Å². The van der Waals surface area contributed by atoms with Crippen LogP contribution in [0.2, 0.25) is 0 Å². The first kappa shape index (κ1) is 14.3. The van der Waals surface area contributed by atoms with E-state index in [4.69, 9.17) is 4.74 Å². The van der Waals surface area contributed by atoms with Crippen molar-refractivity contribution in [2.75, 3.05) is 19.7 Å². The van der Waals surface area contributed by atoms with E-state index in [0.717, 1.165) is 21.6 Å². The Morgan fingerprint density at radius 3 is 3.19 bits per heavy atom. The second kappa shape index (κ2) is 6.41. The van der Waals surface area contributed by atoms with E-state index < -0.39 is 0 Å². The summed E-state index contributed by atoms with van der Waals surface area (Å²) in [6, 6.07) is 7.98. The van der Waals surface area contributed by atoms with E-state index >= 15 is 0 Å². The minimum atomic E-state index is -0.0315. The maximum absolute atomic E-state index is 12.2. The molecular formula is C15H19N3O2S. The van der Waals surface area contributed by atoms with Crippen LogP contribution in [0.1, 0.15) is 18.4 Å². The molecule has 1 aliphatic rings. The van der Waals surface area contributed by atoms with Crippen molar-refractivity contribution in [3.63, 3.8) is 0 Å². The number of hydrogen-bond donors (Lipinski definition) is 1. The van der Waals surface area contributed by atoms with Crippen LogP contribution in [-0.4, -0.2) is 41.7 Å². The third-order valence-electron chi connectivity index (χ3n) is 3.61. The van der Waals surface area contributed by atoms with E-state index in [1.807, 2.05) is 29.2 Å². The smallest absolute Gasteiger partial charge is 0.317 e. The lowest BCUT2D eigenvalue weighted by Crippen LogP contribution is -2.49. The number of carbonyl (C=O) groups is 1. The first-order valence-electron chi connectivity index (χ1n) is 7.25. The van der Waals surface area contributed by atoms with Gasteiger partial charge in [0.1, 0.15) is 5.01 Å². The van der Waals surface area contributed by atoms with Crippen molar-refractivity contribution in [3.8, 4) is 0 Å². The Kier molecular flexibility index (Phi) is 4.36. The number of rotatable bonds is 3. The number of aromatic nitrogens is 1. The Balaban J connectivity index is 1.57. The zero-order chi connectivity index (χ0) is 14.7. The van der Waals surface area contributed by atoms with E-state index in [-0.39, 0.29) is 12.1 Å². The average Bonchev–Trinajstić information content (AvgIpc) is 2.95. The summed E-state index contributed by atoms with van der Waals surface area (Å²) in [5.41, 5.74) is 0.990. The summed E-state index contributed by atoms with van der Waals surface area (Å²) in [5.74, 6) is 0. The second-order valence-corrected chi connectivity index (χ2v) is 6.20. The van der Waals surface area contributed by atoms with Crippen LogP contribution in [0.3, 0.4) is 0 Å². The van der Waals surface area contributed by atoms with E-state index in [1.54, 1.807) is 11.3 Å². The van der Waals surface area contributed by atoms with Gasteiger partial charge in [-0.3, -0.25) is 0 Å². The van der Waals surface area contributed by atoms with E-state index in [1.165, 1.54) is 0 Å². The van der Waals surface area contributed by atoms with Crippen LogP contribution in [0.5, 0.6) is 0 Å². The fourth-order valence-corrected chi connectivity index (χ4v) is 3.32. The molecule has 1 aromatic heterocycles. The molecule has 0 unspecified atom stereocenters. The number of thiazole rings is 1. The standard InChI is InChI=1S/C15H19N3O2S/c1-2-11-10-18(7-8-20-11)15(19)16-9-14-17-12-5-3-4-6-13(12)21-14/h3-6,11H,2,7-10H2,1H3,(H,16,19)/t11-/m0/s1. The molecule has 5 nitrogen and oxygen atoms in total. The lowest BCUT2D eigenvalue weighted by molar-refractivity contribution is -0.0154. The molecule has 1 atom stereocenters. The molecule has 1 aromatic carbocycles. The minimum Gasteiger partial charge on any atom is -0.375 e. The Morgan fingerprint density at radius 2 is 2.38 bits per heavy atom. The third kappa shape index (κ3) is 3.33. The molecule has 1 fully saturated rings. The highest BCUT2D eigenvalue weighted by Gasteiger charge is 2.22. The molecule has 6 heteroatoms. The molecule has 1 N–H and O–H groups in total. The van der Waals surface area contributed by atoms with E-state index in [0.29, 0.717) is 26.2 Å². The van der Waals surface area contributed by atoms with Gasteiger partial charge in [0.05, 0.1) is 29.5 Å². The summed E-state index contributed by atoms with van der Waals surface area (Å²) in [4.78, 5) is 18.5. The van der Waals surface area contributed by atoms with E-state index in [2.05, 4.69) is 17.2 Å². The van der Waals surface area contributed by atoms with Gasteiger partial charge in [-0.1, -0.05) is 19.1 Å². The summed E-state index contributed by atoms with van der Waals surface area (Å²) in [6.07, 6.45) is 1.09. The Bertz CT molecular complexity index is 595. The zero-order valence-corrected chi connectivity index (χ0v) is 12.9. The molecule has 0 bridgehead atoms. The average molecular weight is 305 g/mol. The molecule has 2 aromatic rings.